The number of anilines is 1. The van der Waals surface area contributed by atoms with E-state index < -0.39 is 0 Å². The molecule has 212 valence electrons. The van der Waals surface area contributed by atoms with Gasteiger partial charge in [-0.25, -0.2) is 0 Å². The molecule has 0 saturated heterocycles. The fourth-order valence-electron chi connectivity index (χ4n) is 4.01. The molecule has 2 aromatic carbocycles. The predicted molar refractivity (Wildman–Crippen MR) is 163 cm³/mol. The smallest absolute Gasteiger partial charge is 0.178 e. The number of aromatic nitrogens is 8. The summed E-state index contributed by atoms with van der Waals surface area (Å²) in [6.07, 6.45) is 0. The molecule has 0 bridgehead atoms. The van der Waals surface area contributed by atoms with Crippen LogP contribution in [-0.2, 0) is 0 Å². The lowest BCUT2D eigenvalue weighted by atomic mass is 10.1. The van der Waals surface area contributed by atoms with Gasteiger partial charge in [0.25, 0.3) is 0 Å². The van der Waals surface area contributed by atoms with E-state index in [2.05, 4.69) is 103 Å². The maximum atomic E-state index is 5.66. The maximum Gasteiger partial charge on any atom is 0.178 e. The molecule has 4 aromatic heterocycles. The van der Waals surface area contributed by atoms with Crippen LogP contribution in [0, 0.1) is 13.8 Å². The zero-order valence-corrected chi connectivity index (χ0v) is 24.9. The molecule has 10 nitrogen and oxygen atoms in total. The van der Waals surface area contributed by atoms with Crippen molar-refractivity contribution in [2.45, 2.75) is 39.8 Å². The van der Waals surface area contributed by atoms with Gasteiger partial charge in [0.2, 0.25) is 0 Å². The number of nitrogens with one attached hydrogen (secondary N) is 1. The molecule has 0 aliphatic heterocycles. The Kier molecular flexibility index (Phi) is 9.94. The van der Waals surface area contributed by atoms with Crippen molar-refractivity contribution in [2.24, 2.45) is 0 Å². The van der Waals surface area contributed by atoms with Crippen molar-refractivity contribution in [1.82, 2.24) is 44.9 Å². The van der Waals surface area contributed by atoms with Crippen LogP contribution in [0.15, 0.2) is 84.9 Å². The topological polar surface area (TPSA) is 101 Å². The third kappa shape index (κ3) is 7.41. The number of aryl methyl sites for hydroxylation is 2. The van der Waals surface area contributed by atoms with Crippen LogP contribution < -0.4 is 10.2 Å². The van der Waals surface area contributed by atoms with Crippen molar-refractivity contribution in [2.75, 3.05) is 19.0 Å². The van der Waals surface area contributed by atoms with Crippen LogP contribution in [-0.4, -0.2) is 53.7 Å². The Morgan fingerprint density at radius 3 is 1.76 bits per heavy atom. The quantitative estimate of drug-likeness (QED) is 0.282. The van der Waals surface area contributed by atoms with Gasteiger partial charge in [-0.3, -0.25) is 0 Å². The van der Waals surface area contributed by atoms with E-state index in [0.717, 1.165) is 23.1 Å². The van der Waals surface area contributed by atoms with E-state index in [1.807, 2.05) is 52.2 Å². The molecule has 0 radical (unpaired) electrons. The molecule has 0 fully saturated rings. The summed E-state index contributed by atoms with van der Waals surface area (Å²) in [5, 5.41) is 28.0. The molecule has 0 saturated carbocycles. The van der Waals surface area contributed by atoms with Crippen molar-refractivity contribution in [3.63, 3.8) is 0 Å². The van der Waals surface area contributed by atoms with Crippen molar-refractivity contribution in [1.29, 1.82) is 0 Å². The number of hydrogen-bond donors (Lipinski definition) is 1. The summed E-state index contributed by atoms with van der Waals surface area (Å²) in [5.74, 6) is 2.43. The molecule has 0 unspecified atom stereocenters. The van der Waals surface area contributed by atoms with Crippen molar-refractivity contribution in [3.05, 3.63) is 113 Å². The third-order valence-electron chi connectivity index (χ3n) is 6.75. The molecule has 0 aliphatic rings. The summed E-state index contributed by atoms with van der Waals surface area (Å²) in [7, 11) is 4.02. The Labute approximate surface area is 245 Å². The average molecular weight is 571 g/mol. The monoisotopic (exact) mass is 570 g/mol. The van der Waals surface area contributed by atoms with E-state index in [9.17, 15) is 0 Å². The van der Waals surface area contributed by atoms with Gasteiger partial charge in [-0.05, 0) is 70.1 Å². The van der Waals surface area contributed by atoms with Gasteiger partial charge in [0.05, 0.1) is 6.04 Å². The van der Waals surface area contributed by atoms with Gasteiger partial charge >= 0.3 is 0 Å². The highest BCUT2D eigenvalue weighted by Gasteiger charge is 2.14. The number of nitrogens with zero attached hydrogens (tertiary/aromatic N) is 9. The van der Waals surface area contributed by atoms with Crippen molar-refractivity contribution < 1.29 is 0 Å². The summed E-state index contributed by atoms with van der Waals surface area (Å²) < 4.78 is 3.37. The predicted octanol–water partition coefficient (Wildman–Crippen LogP) is 5.68. The molecule has 4 heterocycles. The number of benzene rings is 2. The molecule has 0 spiro atoms. The second kappa shape index (κ2) is 13.8. The van der Waals surface area contributed by atoms with Crippen LogP contribution in [0.25, 0.3) is 11.3 Å². The first-order valence-corrected chi connectivity index (χ1v) is 13.7. The van der Waals surface area contributed by atoms with Crippen LogP contribution in [0.2, 0.25) is 5.15 Å². The Bertz CT molecular complexity index is 1670. The minimum atomic E-state index is 0.248. The summed E-state index contributed by atoms with van der Waals surface area (Å²) >= 11 is 5.66. The van der Waals surface area contributed by atoms with Gasteiger partial charge in [-0.15, -0.1) is 25.5 Å². The van der Waals surface area contributed by atoms with Gasteiger partial charge in [-0.1, -0.05) is 72.3 Å². The molecule has 0 aliphatic carbocycles. The second-order valence-electron chi connectivity index (χ2n) is 9.50. The summed E-state index contributed by atoms with van der Waals surface area (Å²) in [6.45, 7) is 8.04. The normalized spacial score (nSPS) is 12.2. The number of halogens is 1. The maximum absolute atomic E-state index is 5.66. The van der Waals surface area contributed by atoms with Crippen LogP contribution in [0.5, 0.6) is 0 Å². The first-order valence-electron chi connectivity index (χ1n) is 13.3. The molecule has 6 rings (SSSR count). The molecule has 0 amide bonds. The third-order valence-corrected chi connectivity index (χ3v) is 6.95. The van der Waals surface area contributed by atoms with E-state index in [1.54, 1.807) is 21.2 Å². The van der Waals surface area contributed by atoms with Crippen molar-refractivity contribution in [3.8, 4) is 0 Å². The fraction of sp³-hybridized carbons (Fsp3) is 0.267. The Hall–Kier alpha value is -4.41. The first-order chi connectivity index (χ1) is 19.8. The number of fused-ring (bicyclic) bond motifs is 2. The minimum absolute atomic E-state index is 0.248. The molecule has 11 heteroatoms. The fourth-order valence-corrected chi connectivity index (χ4v) is 4.15. The van der Waals surface area contributed by atoms with Gasteiger partial charge in [0.1, 0.15) is 11.0 Å². The molecular weight excluding hydrogens is 536 g/mol. The zero-order valence-electron chi connectivity index (χ0n) is 24.1. The number of rotatable bonds is 5. The second-order valence-corrected chi connectivity index (χ2v) is 9.89. The summed E-state index contributed by atoms with van der Waals surface area (Å²) in [5.41, 5.74) is 4.08. The standard InChI is InChI=1S/C15H17N5.C9H13N.C6H5ClN4/c1-11(13-7-5-4-6-8-13)19(3)15-10-9-14-17-16-12(2)20(14)18-15;1-8(10-2)9-6-4-3-5-7-9;1-4-8-9-6-3-2-5(7)10-11(4)6/h4-11H,1-3H3;3-8,10H,1-2H3;2-3H,1H3/t11-;8-;/m00./s1. The van der Waals surface area contributed by atoms with Crippen LogP contribution in [0.4, 0.5) is 5.82 Å². The Balaban J connectivity index is 0.000000156. The SMILES string of the molecule is CN[C@@H](C)c1ccccc1.Cc1nnc2ccc(Cl)nn12.Cc1nnc2ccc(N(C)[C@@H](C)c3ccccc3)nn12. The summed E-state index contributed by atoms with van der Waals surface area (Å²) in [4.78, 5) is 2.15. The van der Waals surface area contributed by atoms with E-state index in [-0.39, 0.29) is 6.04 Å². The van der Waals surface area contributed by atoms with E-state index >= 15 is 0 Å². The number of hydrogen-bond acceptors (Lipinski definition) is 8. The Morgan fingerprint density at radius 2 is 1.20 bits per heavy atom. The van der Waals surface area contributed by atoms with E-state index in [4.69, 9.17) is 11.6 Å². The van der Waals surface area contributed by atoms with Gasteiger partial charge in [-0.2, -0.15) is 14.1 Å². The summed E-state index contributed by atoms with van der Waals surface area (Å²) in [6, 6.07) is 28.9. The molecule has 1 N–H and O–H groups in total. The minimum Gasteiger partial charge on any atom is -0.351 e. The van der Waals surface area contributed by atoms with Crippen molar-refractivity contribution >= 4 is 28.7 Å². The molecule has 2 atom stereocenters. The zero-order chi connectivity index (χ0) is 29.4. The lowest BCUT2D eigenvalue weighted by Gasteiger charge is -2.26. The largest absolute Gasteiger partial charge is 0.351 e. The van der Waals surface area contributed by atoms with E-state index in [0.29, 0.717) is 16.8 Å². The first kappa shape index (κ1) is 29.6. The van der Waals surface area contributed by atoms with Gasteiger partial charge < -0.3 is 10.2 Å². The van der Waals surface area contributed by atoms with Crippen LogP contribution in [0.3, 0.4) is 0 Å². The lowest BCUT2D eigenvalue weighted by molar-refractivity contribution is 0.652. The highest BCUT2D eigenvalue weighted by molar-refractivity contribution is 6.29. The van der Waals surface area contributed by atoms with Crippen LogP contribution in [0.1, 0.15) is 48.7 Å². The average Bonchev–Trinajstić information content (AvgIpc) is 3.58. The van der Waals surface area contributed by atoms with E-state index in [1.165, 1.54) is 11.1 Å². The molecule has 41 heavy (non-hydrogen) atoms. The Morgan fingerprint density at radius 1 is 0.683 bits per heavy atom. The highest BCUT2D eigenvalue weighted by Crippen LogP contribution is 2.23. The molecular formula is C30H35ClN10. The highest BCUT2D eigenvalue weighted by atomic mass is 35.5. The lowest BCUT2D eigenvalue weighted by Crippen LogP contribution is -2.23. The van der Waals surface area contributed by atoms with Gasteiger partial charge in [0, 0.05) is 13.1 Å². The van der Waals surface area contributed by atoms with Gasteiger partial charge in [0.15, 0.2) is 22.9 Å². The van der Waals surface area contributed by atoms with Crippen LogP contribution >= 0.6 is 11.6 Å². The molecule has 6 aromatic rings.